The van der Waals surface area contributed by atoms with E-state index in [1.165, 1.54) is 12.1 Å². The van der Waals surface area contributed by atoms with Crippen LogP contribution in [-0.2, 0) is 12.7 Å². The summed E-state index contributed by atoms with van der Waals surface area (Å²) in [5.74, 6) is 0. The maximum Gasteiger partial charge on any atom is 0.416 e. The maximum atomic E-state index is 12.4. The first kappa shape index (κ1) is 13.3. The van der Waals surface area contributed by atoms with E-state index in [-0.39, 0.29) is 0 Å². The van der Waals surface area contributed by atoms with Crippen molar-refractivity contribution in [2.45, 2.75) is 12.7 Å². The number of halogens is 3. The Hall–Kier alpha value is -2.10. The lowest BCUT2D eigenvalue weighted by Crippen LogP contribution is -2.04. The zero-order valence-corrected chi connectivity index (χ0v) is 10.1. The molecule has 0 aliphatic heterocycles. The first-order valence-corrected chi connectivity index (χ1v) is 5.77. The van der Waals surface area contributed by atoms with Gasteiger partial charge in [-0.15, -0.1) is 0 Å². The monoisotopic (exact) mass is 263 g/mol. The summed E-state index contributed by atoms with van der Waals surface area (Å²) in [5.41, 5.74) is 1.08. The Balaban J connectivity index is 1.99. The van der Waals surface area contributed by atoms with Crippen molar-refractivity contribution in [1.29, 1.82) is 0 Å². The van der Waals surface area contributed by atoms with Gasteiger partial charge in [0.25, 0.3) is 0 Å². The summed E-state index contributed by atoms with van der Waals surface area (Å²) in [5, 5.41) is 0. The minimum absolute atomic E-state index is 0.368. The maximum absolute atomic E-state index is 12.4. The molecule has 0 unspecified atom stereocenters. The van der Waals surface area contributed by atoms with Gasteiger partial charge in [-0.05, 0) is 23.3 Å². The van der Waals surface area contributed by atoms with E-state index in [2.05, 4.69) is 4.99 Å². The van der Waals surface area contributed by atoms with Crippen molar-refractivity contribution in [3.8, 4) is 0 Å². The Bertz CT molecular complexity index is 542. The van der Waals surface area contributed by atoms with Crippen LogP contribution in [-0.4, -0.2) is 6.21 Å². The lowest BCUT2D eigenvalue weighted by Gasteiger charge is -2.06. The molecule has 0 aliphatic rings. The fraction of sp³-hybridized carbons (Fsp3) is 0.133. The Morgan fingerprint density at radius 3 is 2.11 bits per heavy atom. The fourth-order valence-electron chi connectivity index (χ4n) is 1.59. The second-order valence-electron chi connectivity index (χ2n) is 4.08. The zero-order chi connectivity index (χ0) is 13.7. The largest absolute Gasteiger partial charge is 0.416 e. The molecule has 0 amide bonds. The van der Waals surface area contributed by atoms with Crippen LogP contribution in [0.15, 0.2) is 59.6 Å². The summed E-state index contributed by atoms with van der Waals surface area (Å²) < 4.78 is 37.1. The molecule has 0 aromatic heterocycles. The third-order valence-corrected chi connectivity index (χ3v) is 2.60. The first-order valence-electron chi connectivity index (χ1n) is 5.77. The fourth-order valence-corrected chi connectivity index (χ4v) is 1.59. The summed E-state index contributed by atoms with van der Waals surface area (Å²) in [6.45, 7) is 0.368. The molecule has 2 rings (SSSR count). The minimum atomic E-state index is -4.29. The van der Waals surface area contributed by atoms with Gasteiger partial charge in [-0.1, -0.05) is 42.5 Å². The van der Waals surface area contributed by atoms with Crippen LogP contribution in [0, 0.1) is 0 Å². The van der Waals surface area contributed by atoms with Crippen molar-refractivity contribution in [3.05, 3.63) is 71.3 Å². The smallest absolute Gasteiger partial charge is 0.288 e. The van der Waals surface area contributed by atoms with E-state index in [0.717, 1.165) is 23.3 Å². The Labute approximate surface area is 109 Å². The lowest BCUT2D eigenvalue weighted by molar-refractivity contribution is -0.137. The molecule has 0 spiro atoms. The number of hydrogen-bond donors (Lipinski definition) is 0. The van der Waals surface area contributed by atoms with Gasteiger partial charge in [-0.2, -0.15) is 13.2 Å². The van der Waals surface area contributed by atoms with Crippen LogP contribution < -0.4 is 0 Å². The topological polar surface area (TPSA) is 12.4 Å². The van der Waals surface area contributed by atoms with E-state index in [4.69, 9.17) is 0 Å². The van der Waals surface area contributed by atoms with E-state index in [9.17, 15) is 13.2 Å². The predicted molar refractivity (Wildman–Crippen MR) is 69.2 cm³/mol. The molecule has 0 heterocycles. The van der Waals surface area contributed by atoms with Crippen LogP contribution in [0.2, 0.25) is 0 Å². The van der Waals surface area contributed by atoms with Crippen molar-refractivity contribution in [2.24, 2.45) is 4.99 Å². The van der Waals surface area contributed by atoms with Crippen LogP contribution >= 0.6 is 0 Å². The van der Waals surface area contributed by atoms with Crippen molar-refractivity contribution >= 4 is 6.21 Å². The minimum Gasteiger partial charge on any atom is -0.288 e. The predicted octanol–water partition coefficient (Wildman–Crippen LogP) is 4.32. The van der Waals surface area contributed by atoms with E-state index in [1.807, 2.05) is 30.3 Å². The van der Waals surface area contributed by atoms with Crippen LogP contribution in [0.4, 0.5) is 13.2 Å². The molecule has 2 aromatic carbocycles. The van der Waals surface area contributed by atoms with Crippen molar-refractivity contribution in [3.63, 3.8) is 0 Å². The molecule has 19 heavy (non-hydrogen) atoms. The molecule has 98 valence electrons. The zero-order valence-electron chi connectivity index (χ0n) is 10.1. The molecule has 0 atom stereocenters. The second-order valence-corrected chi connectivity index (χ2v) is 4.08. The summed E-state index contributed by atoms with van der Waals surface area (Å²) in [4.78, 5) is 4.20. The lowest BCUT2D eigenvalue weighted by atomic mass is 10.1. The highest BCUT2D eigenvalue weighted by atomic mass is 19.4. The first-order chi connectivity index (χ1) is 9.05. The standard InChI is InChI=1S/C15H12F3N/c16-15(17,18)14-8-6-13(7-9-14)11-19-10-12-4-2-1-3-5-12/h1-10H,11H2. The second kappa shape index (κ2) is 5.69. The third kappa shape index (κ3) is 3.95. The van der Waals surface area contributed by atoms with Gasteiger partial charge >= 0.3 is 6.18 Å². The Morgan fingerprint density at radius 1 is 0.895 bits per heavy atom. The van der Waals surface area contributed by atoms with Crippen LogP contribution in [0.1, 0.15) is 16.7 Å². The summed E-state index contributed by atoms with van der Waals surface area (Å²) in [6.07, 6.45) is -2.58. The van der Waals surface area contributed by atoms with Gasteiger partial charge in [0.15, 0.2) is 0 Å². The van der Waals surface area contributed by atoms with E-state index >= 15 is 0 Å². The number of alkyl halides is 3. The normalized spacial score (nSPS) is 11.9. The highest BCUT2D eigenvalue weighted by Crippen LogP contribution is 2.29. The summed E-state index contributed by atoms with van der Waals surface area (Å²) in [7, 11) is 0. The summed E-state index contributed by atoms with van der Waals surface area (Å²) in [6, 6.07) is 14.6. The van der Waals surface area contributed by atoms with Crippen molar-refractivity contribution < 1.29 is 13.2 Å². The Morgan fingerprint density at radius 2 is 1.53 bits per heavy atom. The molecule has 0 fully saturated rings. The SMILES string of the molecule is FC(F)(F)c1ccc(CN=Cc2ccccc2)cc1. The molecular formula is C15H12F3N. The van der Waals surface area contributed by atoms with Crippen LogP contribution in [0.25, 0.3) is 0 Å². The number of benzene rings is 2. The van der Waals surface area contributed by atoms with Gasteiger partial charge in [0.2, 0.25) is 0 Å². The van der Waals surface area contributed by atoms with Gasteiger partial charge in [-0.3, -0.25) is 4.99 Å². The summed E-state index contributed by atoms with van der Waals surface area (Å²) >= 11 is 0. The molecule has 0 saturated heterocycles. The number of aliphatic imine (C=N–C) groups is 1. The molecular weight excluding hydrogens is 251 g/mol. The quantitative estimate of drug-likeness (QED) is 0.731. The van der Waals surface area contributed by atoms with Crippen LogP contribution in [0.3, 0.4) is 0 Å². The molecule has 0 N–H and O–H groups in total. The highest BCUT2D eigenvalue weighted by molar-refractivity contribution is 5.79. The van der Waals surface area contributed by atoms with Gasteiger partial charge in [0.05, 0.1) is 12.1 Å². The molecule has 0 saturated carbocycles. The highest BCUT2D eigenvalue weighted by Gasteiger charge is 2.29. The molecule has 0 aliphatic carbocycles. The average Bonchev–Trinajstić information content (AvgIpc) is 2.39. The Kier molecular flexibility index (Phi) is 4.00. The number of rotatable bonds is 3. The van der Waals surface area contributed by atoms with E-state index in [0.29, 0.717) is 6.54 Å². The average molecular weight is 263 g/mol. The number of nitrogens with zero attached hydrogens (tertiary/aromatic N) is 1. The van der Waals surface area contributed by atoms with E-state index < -0.39 is 11.7 Å². The third-order valence-electron chi connectivity index (χ3n) is 2.60. The molecule has 0 radical (unpaired) electrons. The van der Waals surface area contributed by atoms with Crippen molar-refractivity contribution in [1.82, 2.24) is 0 Å². The van der Waals surface area contributed by atoms with Gasteiger partial charge in [-0.25, -0.2) is 0 Å². The van der Waals surface area contributed by atoms with Crippen molar-refractivity contribution in [2.75, 3.05) is 0 Å². The van der Waals surface area contributed by atoms with E-state index in [1.54, 1.807) is 6.21 Å². The van der Waals surface area contributed by atoms with Crippen LogP contribution in [0.5, 0.6) is 0 Å². The van der Waals surface area contributed by atoms with Gasteiger partial charge < -0.3 is 0 Å². The number of hydrogen-bond acceptors (Lipinski definition) is 1. The molecule has 1 nitrogen and oxygen atoms in total. The molecule has 4 heteroatoms. The van der Waals surface area contributed by atoms with Gasteiger partial charge in [0.1, 0.15) is 0 Å². The molecule has 0 bridgehead atoms. The van der Waals surface area contributed by atoms with Gasteiger partial charge in [0, 0.05) is 6.21 Å². The molecule has 2 aromatic rings.